The molecule has 0 spiro atoms. The van der Waals surface area contributed by atoms with E-state index in [0.717, 1.165) is 5.56 Å². The zero-order chi connectivity index (χ0) is 20.4. The van der Waals surface area contributed by atoms with Crippen LogP contribution in [-0.4, -0.2) is 75.4 Å². The van der Waals surface area contributed by atoms with Crippen LogP contribution in [0, 0.1) is 0 Å². The number of rotatable bonds is 4. The molecule has 0 radical (unpaired) electrons. The van der Waals surface area contributed by atoms with E-state index in [1.807, 2.05) is 30.3 Å². The molecular weight excluding hydrogens is 372 g/mol. The molecule has 3 aromatic rings. The molecule has 0 unspecified atom stereocenters. The van der Waals surface area contributed by atoms with Crippen LogP contribution in [0.1, 0.15) is 10.5 Å². The zero-order valence-electron chi connectivity index (χ0n) is 16.1. The highest BCUT2D eigenvalue weighted by atomic mass is 16.5. The molecule has 2 amide bonds. The van der Waals surface area contributed by atoms with E-state index in [2.05, 4.69) is 15.3 Å². The van der Waals surface area contributed by atoms with Crippen LogP contribution in [0.15, 0.2) is 48.5 Å². The summed E-state index contributed by atoms with van der Waals surface area (Å²) in [7, 11) is 3.25. The van der Waals surface area contributed by atoms with Crippen molar-refractivity contribution in [1.29, 1.82) is 0 Å². The van der Waals surface area contributed by atoms with Crippen LogP contribution in [0.3, 0.4) is 0 Å². The van der Waals surface area contributed by atoms with Crippen molar-refractivity contribution in [2.45, 2.75) is 0 Å². The molecule has 1 aliphatic heterocycles. The highest BCUT2D eigenvalue weighted by Crippen LogP contribution is 2.24. The largest absolute Gasteiger partial charge is 0.480 e. The third kappa shape index (κ3) is 3.66. The molecule has 1 saturated heterocycles. The number of benzene rings is 1. The van der Waals surface area contributed by atoms with Crippen LogP contribution in [0.5, 0.6) is 5.88 Å². The number of aromatic nitrogens is 4. The van der Waals surface area contributed by atoms with Crippen molar-refractivity contribution in [2.75, 3.05) is 33.8 Å². The monoisotopic (exact) mass is 392 g/mol. The molecule has 1 aromatic carbocycles. The average Bonchev–Trinajstić information content (AvgIpc) is 3.21. The lowest BCUT2D eigenvalue weighted by molar-refractivity contribution is -0.133. The van der Waals surface area contributed by atoms with Gasteiger partial charge in [-0.25, -0.2) is 4.68 Å². The van der Waals surface area contributed by atoms with Gasteiger partial charge in [0, 0.05) is 31.8 Å². The Hall–Kier alpha value is -3.75. The number of hydrogen-bond donors (Lipinski definition) is 0. The molecule has 3 heterocycles. The molecule has 9 nitrogen and oxygen atoms in total. The lowest BCUT2D eigenvalue weighted by Gasteiger charge is -2.31. The van der Waals surface area contributed by atoms with Crippen LogP contribution >= 0.6 is 0 Å². The minimum Gasteiger partial charge on any atom is -0.480 e. The number of methoxy groups -OCH3 is 1. The minimum absolute atomic E-state index is 0.0468. The molecule has 0 saturated carbocycles. The molecule has 0 N–H and O–H groups in total. The number of carbonyl (C=O) groups is 2. The Bertz CT molecular complexity index is 1030. The lowest BCUT2D eigenvalue weighted by Crippen LogP contribution is -2.50. The van der Waals surface area contributed by atoms with Crippen molar-refractivity contribution in [3.8, 4) is 23.0 Å². The summed E-state index contributed by atoms with van der Waals surface area (Å²) in [5, 5.41) is 12.6. The summed E-state index contributed by atoms with van der Waals surface area (Å²) in [6, 6.07) is 14.7. The quantitative estimate of drug-likeness (QED) is 0.663. The Morgan fingerprint density at radius 3 is 2.52 bits per heavy atom. The maximum Gasteiger partial charge on any atom is 0.274 e. The highest BCUT2D eigenvalue weighted by molar-refractivity contribution is 5.96. The third-order valence-electron chi connectivity index (χ3n) is 4.79. The van der Waals surface area contributed by atoms with Gasteiger partial charge in [-0.05, 0) is 12.1 Å². The predicted molar refractivity (Wildman–Crippen MR) is 105 cm³/mol. The van der Waals surface area contributed by atoms with Crippen LogP contribution in [-0.2, 0) is 4.79 Å². The highest BCUT2D eigenvalue weighted by Gasteiger charge is 2.28. The van der Waals surface area contributed by atoms with E-state index >= 15 is 0 Å². The van der Waals surface area contributed by atoms with Crippen molar-refractivity contribution in [1.82, 2.24) is 29.8 Å². The van der Waals surface area contributed by atoms with E-state index < -0.39 is 0 Å². The summed E-state index contributed by atoms with van der Waals surface area (Å²) in [5.74, 6) is 0.463. The Kier molecular flexibility index (Phi) is 4.94. The number of nitrogens with zero attached hydrogens (tertiary/aromatic N) is 6. The summed E-state index contributed by atoms with van der Waals surface area (Å²) in [5.41, 5.74) is 1.83. The first kappa shape index (κ1) is 18.6. The normalized spacial score (nSPS) is 14.2. The second kappa shape index (κ2) is 7.70. The average molecular weight is 392 g/mol. The number of piperazine rings is 1. The van der Waals surface area contributed by atoms with Gasteiger partial charge in [0.05, 0.1) is 12.8 Å². The van der Waals surface area contributed by atoms with Crippen molar-refractivity contribution in [3.05, 3.63) is 54.2 Å². The van der Waals surface area contributed by atoms with Crippen molar-refractivity contribution in [3.63, 3.8) is 0 Å². The Balaban J connectivity index is 1.73. The SMILES string of the molecule is COc1ccc(-n2nc(C(=O)N3CCN(C)C(=O)C3)cc2-c2ccccc2)nn1. The maximum absolute atomic E-state index is 13.0. The van der Waals surface area contributed by atoms with Crippen molar-refractivity contribution >= 4 is 11.8 Å². The smallest absolute Gasteiger partial charge is 0.274 e. The molecule has 1 aliphatic rings. The van der Waals surface area contributed by atoms with Crippen LogP contribution in [0.4, 0.5) is 0 Å². The molecular formula is C20H20N6O3. The number of amides is 2. The van der Waals surface area contributed by atoms with Gasteiger partial charge in [-0.1, -0.05) is 30.3 Å². The fourth-order valence-electron chi connectivity index (χ4n) is 3.10. The van der Waals surface area contributed by atoms with E-state index in [0.29, 0.717) is 30.5 Å². The Morgan fingerprint density at radius 1 is 1.07 bits per heavy atom. The van der Waals surface area contributed by atoms with Gasteiger partial charge in [0.1, 0.15) is 6.54 Å². The van der Waals surface area contributed by atoms with E-state index in [9.17, 15) is 9.59 Å². The molecule has 148 valence electrons. The standard InChI is InChI=1S/C20H20N6O3/c1-24-10-11-25(13-19(24)27)20(28)15-12-16(14-6-4-3-5-7-14)26(23-15)17-8-9-18(29-2)22-21-17/h3-9,12H,10-11,13H2,1-2H3. The molecule has 29 heavy (non-hydrogen) atoms. The van der Waals surface area contributed by atoms with Gasteiger partial charge in [-0.2, -0.15) is 5.10 Å². The summed E-state index contributed by atoms with van der Waals surface area (Å²) >= 11 is 0. The first-order valence-corrected chi connectivity index (χ1v) is 9.13. The number of ether oxygens (including phenoxy) is 1. The van der Waals surface area contributed by atoms with Crippen LogP contribution < -0.4 is 4.74 Å². The van der Waals surface area contributed by atoms with E-state index in [4.69, 9.17) is 4.74 Å². The van der Waals surface area contributed by atoms with Gasteiger partial charge >= 0.3 is 0 Å². The number of hydrogen-bond acceptors (Lipinski definition) is 6. The Labute approximate surface area is 167 Å². The van der Waals surface area contributed by atoms with Crippen molar-refractivity contribution in [2.24, 2.45) is 0 Å². The zero-order valence-corrected chi connectivity index (χ0v) is 16.1. The lowest BCUT2D eigenvalue weighted by atomic mass is 10.1. The molecule has 4 rings (SSSR count). The molecule has 0 atom stereocenters. The number of likely N-dealkylation sites (N-methyl/N-ethyl adjacent to an activating group) is 1. The topological polar surface area (TPSA) is 93.5 Å². The summed E-state index contributed by atoms with van der Waals surface area (Å²) in [6.07, 6.45) is 0. The molecule has 0 bridgehead atoms. The molecule has 0 aliphatic carbocycles. The fourth-order valence-corrected chi connectivity index (χ4v) is 3.10. The first-order valence-electron chi connectivity index (χ1n) is 9.13. The fraction of sp³-hybridized carbons (Fsp3) is 0.250. The first-order chi connectivity index (χ1) is 14.1. The van der Waals surface area contributed by atoms with Gasteiger partial charge in [-0.3, -0.25) is 9.59 Å². The third-order valence-corrected chi connectivity index (χ3v) is 4.79. The minimum atomic E-state index is -0.288. The maximum atomic E-state index is 13.0. The van der Waals surface area contributed by atoms with Crippen molar-refractivity contribution < 1.29 is 14.3 Å². The van der Waals surface area contributed by atoms with Gasteiger partial charge < -0.3 is 14.5 Å². The van der Waals surface area contributed by atoms with Gasteiger partial charge in [0.15, 0.2) is 11.5 Å². The van der Waals surface area contributed by atoms with Crippen LogP contribution in [0.2, 0.25) is 0 Å². The number of carbonyl (C=O) groups excluding carboxylic acids is 2. The van der Waals surface area contributed by atoms with Gasteiger partial charge in [0.2, 0.25) is 11.8 Å². The molecule has 2 aromatic heterocycles. The van der Waals surface area contributed by atoms with Gasteiger partial charge in [0.25, 0.3) is 5.91 Å². The Morgan fingerprint density at radius 2 is 1.86 bits per heavy atom. The second-order valence-electron chi connectivity index (χ2n) is 6.67. The van der Waals surface area contributed by atoms with E-state index in [1.54, 1.807) is 34.8 Å². The van der Waals surface area contributed by atoms with Gasteiger partial charge in [-0.15, -0.1) is 10.2 Å². The summed E-state index contributed by atoms with van der Waals surface area (Å²) in [6.45, 7) is 1.02. The predicted octanol–water partition coefficient (Wildman–Crippen LogP) is 1.25. The summed E-state index contributed by atoms with van der Waals surface area (Å²) in [4.78, 5) is 28.1. The second-order valence-corrected chi connectivity index (χ2v) is 6.67. The van der Waals surface area contributed by atoms with E-state index in [1.165, 1.54) is 12.0 Å². The molecule has 9 heteroatoms. The summed E-state index contributed by atoms with van der Waals surface area (Å²) < 4.78 is 6.64. The molecule has 1 fully saturated rings. The van der Waals surface area contributed by atoms with E-state index in [-0.39, 0.29) is 24.1 Å². The van der Waals surface area contributed by atoms with Crippen LogP contribution in [0.25, 0.3) is 17.1 Å².